The number of phenolic OH excluding ortho intramolecular Hbond substituents is 1. The number of hydrogen-bond donors (Lipinski definition) is 2. The summed E-state index contributed by atoms with van der Waals surface area (Å²) in [5.74, 6) is 1.88. The first kappa shape index (κ1) is 30.8. The quantitative estimate of drug-likeness (QED) is 0.279. The van der Waals surface area contributed by atoms with Crippen LogP contribution in [0.5, 0.6) is 5.75 Å². The molecule has 180 valence electrons. The summed E-state index contributed by atoms with van der Waals surface area (Å²) in [5.41, 5.74) is 1.42. The van der Waals surface area contributed by atoms with Gasteiger partial charge in [-0.3, -0.25) is 4.79 Å². The summed E-state index contributed by atoms with van der Waals surface area (Å²) < 4.78 is 5.41. The summed E-state index contributed by atoms with van der Waals surface area (Å²) in [7, 11) is 0. The standard InChI is InChI=1S/C11H9NO2S2.C7H6OS.2C4H10/c13-9-3-1-8(2-4-9)11(15)14-7-10-12-5-6-16-10;8-7(9)6-4-2-1-3-5-6;2*1-4(2)3/h1-6,13H,7H2;1-5H,(H,8,9);2*4H,1-3H3. The highest BCUT2D eigenvalue weighted by atomic mass is 32.1. The van der Waals surface area contributed by atoms with Crippen LogP contribution >= 0.6 is 36.2 Å². The van der Waals surface area contributed by atoms with E-state index in [1.165, 1.54) is 11.3 Å². The lowest BCUT2D eigenvalue weighted by molar-refractivity contribution is 0.109. The zero-order valence-corrected chi connectivity index (χ0v) is 22.7. The lowest BCUT2D eigenvalue weighted by atomic mass is 10.2. The Kier molecular flexibility index (Phi) is 17.0. The Morgan fingerprint density at radius 2 is 1.48 bits per heavy atom. The Labute approximate surface area is 213 Å². The van der Waals surface area contributed by atoms with Gasteiger partial charge in [-0.1, -0.05) is 71.9 Å². The molecule has 1 N–H and O–H groups in total. The number of aromatic hydroxyl groups is 1. The van der Waals surface area contributed by atoms with E-state index in [9.17, 15) is 4.79 Å². The Balaban J connectivity index is 0.000000506. The fraction of sp³-hybridized carbons (Fsp3) is 0.346. The molecule has 0 amide bonds. The lowest BCUT2D eigenvalue weighted by Gasteiger charge is -2.05. The van der Waals surface area contributed by atoms with Gasteiger partial charge in [0.05, 0.1) is 0 Å². The van der Waals surface area contributed by atoms with Gasteiger partial charge in [0.2, 0.25) is 5.12 Å². The number of phenols is 1. The Hall–Kier alpha value is -2.22. The van der Waals surface area contributed by atoms with Gasteiger partial charge in [0, 0.05) is 22.7 Å². The number of carbonyl (C=O) groups is 1. The van der Waals surface area contributed by atoms with Gasteiger partial charge in [-0.15, -0.1) is 24.0 Å². The third kappa shape index (κ3) is 18.0. The fourth-order valence-corrected chi connectivity index (χ4v) is 2.58. The van der Waals surface area contributed by atoms with E-state index in [2.05, 4.69) is 59.2 Å². The van der Waals surface area contributed by atoms with E-state index in [1.54, 1.807) is 42.6 Å². The first-order chi connectivity index (χ1) is 15.5. The van der Waals surface area contributed by atoms with Crippen molar-refractivity contribution in [2.24, 2.45) is 11.8 Å². The predicted octanol–water partition coefficient (Wildman–Crippen LogP) is 7.82. The van der Waals surface area contributed by atoms with Crippen molar-refractivity contribution in [3.05, 3.63) is 82.3 Å². The highest BCUT2D eigenvalue weighted by Crippen LogP contribution is 2.13. The Bertz CT molecular complexity index is 883. The second kappa shape index (κ2) is 18.2. The van der Waals surface area contributed by atoms with Crippen molar-refractivity contribution in [1.29, 1.82) is 0 Å². The normalized spacial score (nSPS) is 9.48. The largest absolute Gasteiger partial charge is 0.508 e. The first-order valence-corrected chi connectivity index (χ1v) is 12.4. The molecule has 0 saturated heterocycles. The van der Waals surface area contributed by atoms with Gasteiger partial charge in [0.15, 0.2) is 5.05 Å². The van der Waals surface area contributed by atoms with E-state index in [0.717, 1.165) is 22.4 Å². The number of hydrogen-bond acceptors (Lipinski definition) is 6. The van der Waals surface area contributed by atoms with Crippen molar-refractivity contribution < 1.29 is 14.6 Å². The molecule has 0 spiro atoms. The number of thiocarbonyl (C=S) groups is 1. The summed E-state index contributed by atoms with van der Waals surface area (Å²) in [5, 5.41) is 12.1. The van der Waals surface area contributed by atoms with Gasteiger partial charge in [-0.05, 0) is 48.3 Å². The summed E-state index contributed by atoms with van der Waals surface area (Å²) in [4.78, 5) is 14.6. The SMILES string of the molecule is CC(C)C.CC(C)C.O=C(S)c1ccccc1.Oc1ccc(C(=S)OCc2nccs2)cc1. The van der Waals surface area contributed by atoms with E-state index in [-0.39, 0.29) is 10.9 Å². The zero-order valence-electron chi connectivity index (χ0n) is 20.2. The second-order valence-corrected chi connectivity index (χ2v) is 9.94. The maximum Gasteiger partial charge on any atom is 0.216 e. The highest BCUT2D eigenvalue weighted by molar-refractivity contribution is 7.97. The van der Waals surface area contributed by atoms with Crippen LogP contribution in [-0.2, 0) is 11.3 Å². The van der Waals surface area contributed by atoms with E-state index < -0.39 is 0 Å². The molecule has 0 aliphatic heterocycles. The van der Waals surface area contributed by atoms with Crippen LogP contribution in [0.15, 0.2) is 66.2 Å². The molecule has 0 fully saturated rings. The summed E-state index contributed by atoms with van der Waals surface area (Å²) in [6, 6.07) is 15.5. The van der Waals surface area contributed by atoms with Gasteiger partial charge in [-0.2, -0.15) is 0 Å². The summed E-state index contributed by atoms with van der Waals surface area (Å²) in [6.45, 7) is 13.4. The third-order valence-corrected chi connectivity index (χ3v) is 4.30. The molecule has 2 aromatic carbocycles. The van der Waals surface area contributed by atoms with E-state index in [0.29, 0.717) is 17.2 Å². The molecule has 0 aliphatic carbocycles. The van der Waals surface area contributed by atoms with Gasteiger partial charge in [0.25, 0.3) is 0 Å². The molecule has 3 aromatic rings. The van der Waals surface area contributed by atoms with E-state index >= 15 is 0 Å². The molecule has 0 bridgehead atoms. The van der Waals surface area contributed by atoms with Crippen LogP contribution < -0.4 is 0 Å². The number of benzene rings is 2. The number of thiazole rings is 1. The molecule has 4 nitrogen and oxygen atoms in total. The van der Waals surface area contributed by atoms with Crippen molar-refractivity contribution in [2.75, 3.05) is 0 Å². The van der Waals surface area contributed by atoms with Crippen LogP contribution in [0.4, 0.5) is 0 Å². The van der Waals surface area contributed by atoms with Crippen LogP contribution in [-0.4, -0.2) is 20.3 Å². The second-order valence-electron chi connectivity index (χ2n) is 8.18. The predicted molar refractivity (Wildman–Crippen MR) is 147 cm³/mol. The van der Waals surface area contributed by atoms with E-state index in [1.807, 2.05) is 23.6 Å². The molecule has 33 heavy (non-hydrogen) atoms. The molecule has 0 saturated carbocycles. The van der Waals surface area contributed by atoms with Crippen molar-refractivity contribution in [3.63, 3.8) is 0 Å². The number of aromatic nitrogens is 1. The van der Waals surface area contributed by atoms with Gasteiger partial charge < -0.3 is 9.84 Å². The maximum atomic E-state index is 10.5. The Morgan fingerprint density at radius 1 is 0.970 bits per heavy atom. The average molecular weight is 506 g/mol. The van der Waals surface area contributed by atoms with Crippen LogP contribution in [0, 0.1) is 11.8 Å². The third-order valence-electron chi connectivity index (χ3n) is 2.93. The fourth-order valence-electron chi connectivity index (χ4n) is 1.71. The summed E-state index contributed by atoms with van der Waals surface area (Å²) in [6.07, 6.45) is 1.73. The minimum Gasteiger partial charge on any atom is -0.508 e. The molecule has 1 heterocycles. The Morgan fingerprint density at radius 3 is 1.88 bits per heavy atom. The topological polar surface area (TPSA) is 59.4 Å². The lowest BCUT2D eigenvalue weighted by Crippen LogP contribution is -2.03. The van der Waals surface area contributed by atoms with Crippen LogP contribution in [0.25, 0.3) is 0 Å². The molecule has 0 aliphatic rings. The van der Waals surface area contributed by atoms with Crippen LogP contribution in [0.1, 0.15) is 62.5 Å². The molecule has 0 radical (unpaired) electrons. The molecular formula is C26H35NO3S3. The number of carbonyl (C=O) groups excluding carboxylic acids is 1. The molecule has 0 unspecified atom stereocenters. The minimum atomic E-state index is -0.185. The number of nitrogens with zero attached hydrogens (tertiary/aromatic N) is 1. The van der Waals surface area contributed by atoms with Crippen molar-refractivity contribution in [3.8, 4) is 5.75 Å². The average Bonchev–Trinajstić information content (AvgIpc) is 3.26. The smallest absolute Gasteiger partial charge is 0.216 e. The van der Waals surface area contributed by atoms with Crippen LogP contribution in [0.2, 0.25) is 0 Å². The molecular weight excluding hydrogens is 470 g/mol. The monoisotopic (exact) mass is 505 g/mol. The number of ether oxygens (including phenoxy) is 1. The summed E-state index contributed by atoms with van der Waals surface area (Å²) >= 11 is 10.3. The van der Waals surface area contributed by atoms with Gasteiger partial charge in [0.1, 0.15) is 17.4 Å². The van der Waals surface area contributed by atoms with E-state index in [4.69, 9.17) is 22.1 Å². The molecule has 7 heteroatoms. The number of thiol groups is 1. The molecule has 3 rings (SSSR count). The molecule has 0 atom stereocenters. The molecule has 1 aromatic heterocycles. The minimum absolute atomic E-state index is 0.185. The van der Waals surface area contributed by atoms with Crippen molar-refractivity contribution >= 4 is 46.3 Å². The highest BCUT2D eigenvalue weighted by Gasteiger charge is 2.03. The zero-order chi connectivity index (χ0) is 25.2. The first-order valence-electron chi connectivity index (χ1n) is 10.7. The number of rotatable bonds is 4. The van der Waals surface area contributed by atoms with Crippen LogP contribution in [0.3, 0.4) is 0 Å². The van der Waals surface area contributed by atoms with Gasteiger partial charge >= 0.3 is 0 Å². The van der Waals surface area contributed by atoms with Crippen molar-refractivity contribution in [1.82, 2.24) is 4.98 Å². The maximum absolute atomic E-state index is 10.5. The van der Waals surface area contributed by atoms with Crippen molar-refractivity contribution in [2.45, 2.75) is 48.1 Å². The van der Waals surface area contributed by atoms with Gasteiger partial charge in [-0.25, -0.2) is 4.98 Å².